The maximum absolute atomic E-state index is 11.9. The van der Waals surface area contributed by atoms with Gasteiger partial charge < -0.3 is 10.6 Å². The number of aryl methyl sites for hydroxylation is 1. The van der Waals surface area contributed by atoms with Crippen LogP contribution in [0.5, 0.6) is 0 Å². The molecule has 0 radical (unpaired) electrons. The zero-order chi connectivity index (χ0) is 14.2. The molecule has 4 amide bonds. The SMILES string of the molecule is Cc1cc(NC(=O)CN2C(=O)NC(C)(C)C2=O)n[nH]1. The van der Waals surface area contributed by atoms with Gasteiger partial charge in [-0.15, -0.1) is 0 Å². The standard InChI is InChI=1S/C11H15N5O3/c1-6-4-7(15-14-6)12-8(17)5-16-9(18)11(2,3)13-10(16)19/h4H,5H2,1-3H3,(H,13,19)(H2,12,14,15,17). The number of amides is 4. The third-order valence-corrected chi connectivity index (χ3v) is 2.72. The summed E-state index contributed by atoms with van der Waals surface area (Å²) < 4.78 is 0. The predicted octanol–water partition coefficient (Wildman–Crippen LogP) is -0.0130. The number of hydrogen-bond donors (Lipinski definition) is 3. The summed E-state index contributed by atoms with van der Waals surface area (Å²) in [5, 5.41) is 11.5. The molecule has 1 saturated heterocycles. The maximum atomic E-state index is 11.9. The monoisotopic (exact) mass is 265 g/mol. The number of hydrogen-bond acceptors (Lipinski definition) is 4. The molecule has 0 spiro atoms. The van der Waals surface area contributed by atoms with Crippen LogP contribution in [0.15, 0.2) is 6.07 Å². The average Bonchev–Trinajstić information content (AvgIpc) is 2.76. The Bertz CT molecular complexity index is 548. The number of aromatic nitrogens is 2. The van der Waals surface area contributed by atoms with E-state index in [2.05, 4.69) is 20.8 Å². The normalized spacial score (nSPS) is 17.5. The molecule has 1 aliphatic heterocycles. The van der Waals surface area contributed by atoms with E-state index < -0.39 is 23.4 Å². The lowest BCUT2D eigenvalue weighted by Gasteiger charge is -2.15. The maximum Gasteiger partial charge on any atom is 0.325 e. The van der Waals surface area contributed by atoms with E-state index in [1.54, 1.807) is 26.8 Å². The first-order valence-electron chi connectivity index (χ1n) is 5.75. The first-order valence-corrected chi connectivity index (χ1v) is 5.75. The van der Waals surface area contributed by atoms with E-state index in [0.717, 1.165) is 10.6 Å². The van der Waals surface area contributed by atoms with Gasteiger partial charge in [-0.3, -0.25) is 19.6 Å². The Morgan fingerprint density at radius 2 is 2.16 bits per heavy atom. The van der Waals surface area contributed by atoms with E-state index in [0.29, 0.717) is 5.82 Å². The van der Waals surface area contributed by atoms with Crippen molar-refractivity contribution in [2.45, 2.75) is 26.3 Å². The van der Waals surface area contributed by atoms with Gasteiger partial charge in [0.05, 0.1) is 0 Å². The Morgan fingerprint density at radius 3 is 2.63 bits per heavy atom. The highest BCUT2D eigenvalue weighted by molar-refractivity contribution is 6.09. The van der Waals surface area contributed by atoms with Crippen molar-refractivity contribution in [1.82, 2.24) is 20.4 Å². The minimum absolute atomic E-state index is 0.333. The van der Waals surface area contributed by atoms with Gasteiger partial charge >= 0.3 is 6.03 Å². The summed E-state index contributed by atoms with van der Waals surface area (Å²) in [5.74, 6) is -0.549. The lowest BCUT2D eigenvalue weighted by molar-refractivity contribution is -0.132. The second kappa shape index (κ2) is 4.38. The van der Waals surface area contributed by atoms with Gasteiger partial charge in [0.25, 0.3) is 5.91 Å². The largest absolute Gasteiger partial charge is 0.325 e. The van der Waals surface area contributed by atoms with Crippen LogP contribution in [-0.2, 0) is 9.59 Å². The number of nitrogens with one attached hydrogen (secondary N) is 3. The second-order valence-electron chi connectivity index (χ2n) is 4.93. The molecule has 0 bridgehead atoms. The molecule has 0 saturated carbocycles. The van der Waals surface area contributed by atoms with E-state index in [9.17, 15) is 14.4 Å². The van der Waals surface area contributed by atoms with Crippen LogP contribution in [0.25, 0.3) is 0 Å². The van der Waals surface area contributed by atoms with Gasteiger partial charge in [-0.2, -0.15) is 5.10 Å². The Labute approximate surface area is 109 Å². The molecule has 0 atom stereocenters. The number of imide groups is 1. The van der Waals surface area contributed by atoms with Gasteiger partial charge in [0.2, 0.25) is 5.91 Å². The zero-order valence-electron chi connectivity index (χ0n) is 10.9. The van der Waals surface area contributed by atoms with E-state index in [1.807, 2.05) is 0 Å². The summed E-state index contributed by atoms with van der Waals surface area (Å²) in [7, 11) is 0. The van der Waals surface area contributed by atoms with E-state index >= 15 is 0 Å². The molecule has 8 heteroatoms. The van der Waals surface area contributed by atoms with Crippen LogP contribution >= 0.6 is 0 Å². The molecule has 2 heterocycles. The molecule has 102 valence electrons. The highest BCUT2D eigenvalue weighted by atomic mass is 16.2. The number of rotatable bonds is 3. The highest BCUT2D eigenvalue weighted by Gasteiger charge is 2.44. The van der Waals surface area contributed by atoms with E-state index in [1.165, 1.54) is 0 Å². The molecule has 1 fully saturated rings. The van der Waals surface area contributed by atoms with E-state index in [4.69, 9.17) is 0 Å². The number of anilines is 1. The lowest BCUT2D eigenvalue weighted by Crippen LogP contribution is -2.41. The lowest BCUT2D eigenvalue weighted by atomic mass is 10.1. The molecular formula is C11H15N5O3. The van der Waals surface area contributed by atoms with Crippen LogP contribution in [0.1, 0.15) is 19.5 Å². The molecule has 1 aliphatic rings. The van der Waals surface area contributed by atoms with Crippen molar-refractivity contribution in [3.63, 3.8) is 0 Å². The summed E-state index contributed by atoms with van der Waals surface area (Å²) >= 11 is 0. The van der Waals surface area contributed by atoms with Gasteiger partial charge in [-0.1, -0.05) is 0 Å². The molecule has 0 unspecified atom stereocenters. The van der Waals surface area contributed by atoms with Gasteiger partial charge in [-0.05, 0) is 20.8 Å². The minimum Gasteiger partial charge on any atom is -0.324 e. The highest BCUT2D eigenvalue weighted by Crippen LogP contribution is 2.16. The quantitative estimate of drug-likeness (QED) is 0.668. The summed E-state index contributed by atoms with van der Waals surface area (Å²) in [6.07, 6.45) is 0. The number of carbonyl (C=O) groups is 3. The van der Waals surface area contributed by atoms with Crippen LogP contribution in [0.3, 0.4) is 0 Å². The van der Waals surface area contributed by atoms with Crippen LogP contribution < -0.4 is 10.6 Å². The average molecular weight is 265 g/mol. The van der Waals surface area contributed by atoms with E-state index in [-0.39, 0.29) is 6.54 Å². The van der Waals surface area contributed by atoms with Crippen molar-refractivity contribution < 1.29 is 14.4 Å². The Balaban J connectivity index is 2.00. The number of carbonyl (C=O) groups excluding carboxylic acids is 3. The Hall–Kier alpha value is -2.38. The van der Waals surface area contributed by atoms with Gasteiger partial charge in [-0.25, -0.2) is 4.79 Å². The summed E-state index contributed by atoms with van der Waals surface area (Å²) in [6.45, 7) is 4.63. The summed E-state index contributed by atoms with van der Waals surface area (Å²) in [6, 6.07) is 1.08. The molecule has 8 nitrogen and oxygen atoms in total. The minimum atomic E-state index is -0.972. The smallest absolute Gasteiger partial charge is 0.324 e. The first kappa shape index (κ1) is 13.1. The number of aromatic amines is 1. The Kier molecular flexibility index (Phi) is 3.01. The molecule has 1 aromatic rings. The van der Waals surface area contributed by atoms with Gasteiger partial charge in [0.15, 0.2) is 5.82 Å². The van der Waals surface area contributed by atoms with Crippen LogP contribution in [-0.4, -0.2) is 45.0 Å². The van der Waals surface area contributed by atoms with Gasteiger partial charge in [0, 0.05) is 11.8 Å². The molecule has 3 N–H and O–H groups in total. The van der Waals surface area contributed by atoms with Crippen molar-refractivity contribution in [3.8, 4) is 0 Å². The second-order valence-corrected chi connectivity index (χ2v) is 4.93. The van der Waals surface area contributed by atoms with Crippen molar-refractivity contribution in [2.24, 2.45) is 0 Å². The zero-order valence-corrected chi connectivity index (χ0v) is 10.9. The molecular weight excluding hydrogens is 250 g/mol. The fourth-order valence-corrected chi connectivity index (χ4v) is 1.77. The summed E-state index contributed by atoms with van der Waals surface area (Å²) in [4.78, 5) is 36.1. The van der Waals surface area contributed by atoms with Crippen molar-refractivity contribution in [1.29, 1.82) is 0 Å². The van der Waals surface area contributed by atoms with Crippen LogP contribution in [0.2, 0.25) is 0 Å². The number of H-pyrrole nitrogens is 1. The fourth-order valence-electron chi connectivity index (χ4n) is 1.77. The predicted molar refractivity (Wildman–Crippen MR) is 66.3 cm³/mol. The number of urea groups is 1. The fraction of sp³-hybridized carbons (Fsp3) is 0.455. The molecule has 1 aromatic heterocycles. The topological polar surface area (TPSA) is 107 Å². The summed E-state index contributed by atoms with van der Waals surface area (Å²) in [5.41, 5.74) is -0.174. The Morgan fingerprint density at radius 1 is 1.47 bits per heavy atom. The van der Waals surface area contributed by atoms with Crippen molar-refractivity contribution in [3.05, 3.63) is 11.8 Å². The number of nitrogens with zero attached hydrogens (tertiary/aromatic N) is 2. The third kappa shape index (κ3) is 2.56. The molecule has 19 heavy (non-hydrogen) atoms. The molecule has 0 aromatic carbocycles. The van der Waals surface area contributed by atoms with Crippen LogP contribution in [0.4, 0.5) is 10.6 Å². The third-order valence-electron chi connectivity index (χ3n) is 2.72. The van der Waals surface area contributed by atoms with Crippen LogP contribution in [0, 0.1) is 6.92 Å². The van der Waals surface area contributed by atoms with Crippen molar-refractivity contribution >= 4 is 23.7 Å². The first-order chi connectivity index (χ1) is 8.79. The van der Waals surface area contributed by atoms with Crippen molar-refractivity contribution in [2.75, 3.05) is 11.9 Å². The molecule has 0 aliphatic carbocycles. The molecule has 2 rings (SSSR count). The van der Waals surface area contributed by atoms with Gasteiger partial charge in [0.1, 0.15) is 12.1 Å².